The summed E-state index contributed by atoms with van der Waals surface area (Å²) in [6, 6.07) is 16.1. The molecular formula is C20H20N2O3. The van der Waals surface area contributed by atoms with Gasteiger partial charge in [-0.15, -0.1) is 0 Å². The Bertz CT molecular complexity index is 776. The van der Waals surface area contributed by atoms with Crippen molar-refractivity contribution in [3.8, 4) is 11.8 Å². The van der Waals surface area contributed by atoms with Gasteiger partial charge in [-0.1, -0.05) is 30.3 Å². The summed E-state index contributed by atoms with van der Waals surface area (Å²) in [5.74, 6) is -0.237. The van der Waals surface area contributed by atoms with Crippen molar-refractivity contribution < 1.29 is 14.6 Å². The molecule has 2 rings (SSSR count). The number of esters is 1. The minimum absolute atomic E-state index is 0.149. The third kappa shape index (κ3) is 5.40. The Morgan fingerprint density at radius 1 is 1.28 bits per heavy atom. The molecule has 2 N–H and O–H groups in total. The van der Waals surface area contributed by atoms with Crippen LogP contribution in [0.25, 0.3) is 0 Å². The van der Waals surface area contributed by atoms with Crippen LogP contribution >= 0.6 is 0 Å². The highest BCUT2D eigenvalue weighted by molar-refractivity contribution is 5.81. The summed E-state index contributed by atoms with van der Waals surface area (Å²) in [5.41, 5.74) is 2.12. The lowest BCUT2D eigenvalue weighted by Crippen LogP contribution is -2.10. The summed E-state index contributed by atoms with van der Waals surface area (Å²) in [7, 11) is 0. The van der Waals surface area contributed by atoms with Crippen molar-refractivity contribution in [1.82, 2.24) is 0 Å². The highest BCUT2D eigenvalue weighted by Gasteiger charge is 2.12. The number of hydrogen-bond donors (Lipinski definition) is 2. The monoisotopic (exact) mass is 336 g/mol. The van der Waals surface area contributed by atoms with Gasteiger partial charge in [-0.25, -0.2) is 4.79 Å². The first kappa shape index (κ1) is 18.1. The molecule has 0 heterocycles. The van der Waals surface area contributed by atoms with Gasteiger partial charge >= 0.3 is 5.97 Å². The molecule has 0 aliphatic carbocycles. The van der Waals surface area contributed by atoms with E-state index in [1.54, 1.807) is 43.3 Å². The summed E-state index contributed by atoms with van der Waals surface area (Å²) < 4.78 is 4.87. The van der Waals surface area contributed by atoms with E-state index >= 15 is 0 Å². The van der Waals surface area contributed by atoms with Crippen molar-refractivity contribution in [2.24, 2.45) is 0 Å². The van der Waals surface area contributed by atoms with Crippen LogP contribution in [-0.4, -0.2) is 17.7 Å². The fraction of sp³-hybridized carbons (Fsp3) is 0.200. The summed E-state index contributed by atoms with van der Waals surface area (Å²) in [4.78, 5) is 11.5. The lowest BCUT2D eigenvalue weighted by molar-refractivity contribution is -0.137. The molecule has 1 unspecified atom stereocenters. The molecule has 2 aromatic rings. The van der Waals surface area contributed by atoms with Crippen LogP contribution in [0, 0.1) is 11.3 Å². The maximum atomic E-state index is 11.5. The van der Waals surface area contributed by atoms with E-state index in [0.29, 0.717) is 24.3 Å². The van der Waals surface area contributed by atoms with Gasteiger partial charge in [-0.05, 0) is 43.2 Å². The molecule has 0 saturated carbocycles. The first-order valence-corrected chi connectivity index (χ1v) is 8.02. The number of carbonyl (C=O) groups is 1. The Kier molecular flexibility index (Phi) is 6.61. The number of carbonyl (C=O) groups excluding carboxylic acids is 1. The van der Waals surface area contributed by atoms with Crippen LogP contribution in [-0.2, 0) is 9.53 Å². The zero-order chi connectivity index (χ0) is 18.1. The highest BCUT2D eigenvalue weighted by atomic mass is 16.5. The van der Waals surface area contributed by atoms with Crippen LogP contribution in [0.5, 0.6) is 5.75 Å². The van der Waals surface area contributed by atoms with Gasteiger partial charge in [0.1, 0.15) is 5.75 Å². The topological polar surface area (TPSA) is 82.3 Å². The number of rotatable bonds is 7. The summed E-state index contributed by atoms with van der Waals surface area (Å²) in [6.07, 6.45) is 3.64. The molecule has 0 radical (unpaired) electrons. The minimum atomic E-state index is -0.386. The van der Waals surface area contributed by atoms with Gasteiger partial charge in [0, 0.05) is 6.08 Å². The molecule has 2 aromatic carbocycles. The number of para-hydroxylation sites is 2. The summed E-state index contributed by atoms with van der Waals surface area (Å²) >= 11 is 0. The first-order valence-electron chi connectivity index (χ1n) is 8.02. The average Bonchev–Trinajstić information content (AvgIpc) is 2.63. The predicted octanol–water partition coefficient (Wildman–Crippen LogP) is 3.93. The zero-order valence-corrected chi connectivity index (χ0v) is 14.0. The maximum absolute atomic E-state index is 11.5. The number of nitrogens with one attached hydrogen (secondary N) is 1. The van der Waals surface area contributed by atoms with E-state index in [1.165, 1.54) is 6.08 Å². The number of anilines is 1. The Morgan fingerprint density at radius 3 is 2.64 bits per heavy atom. The van der Waals surface area contributed by atoms with Crippen molar-refractivity contribution in [3.63, 3.8) is 0 Å². The van der Waals surface area contributed by atoms with Gasteiger partial charge in [-0.2, -0.15) is 5.26 Å². The van der Waals surface area contributed by atoms with Gasteiger partial charge in [0.2, 0.25) is 0 Å². The number of benzene rings is 2. The SMILES string of the molecule is CCOC(=O)/C=C/CC(Nc1ccccc1O)c1ccc(C#N)cc1. The fourth-order valence-corrected chi connectivity index (χ4v) is 2.34. The van der Waals surface area contributed by atoms with Crippen molar-refractivity contribution in [2.45, 2.75) is 19.4 Å². The summed E-state index contributed by atoms with van der Waals surface area (Å²) in [6.45, 7) is 2.09. The minimum Gasteiger partial charge on any atom is -0.506 e. The second-order valence-corrected chi connectivity index (χ2v) is 5.34. The second-order valence-electron chi connectivity index (χ2n) is 5.34. The lowest BCUT2D eigenvalue weighted by Gasteiger charge is -2.20. The predicted molar refractivity (Wildman–Crippen MR) is 96.0 cm³/mol. The molecule has 0 amide bonds. The van der Waals surface area contributed by atoms with Crippen molar-refractivity contribution in [1.29, 1.82) is 5.26 Å². The van der Waals surface area contributed by atoms with Gasteiger partial charge < -0.3 is 15.2 Å². The van der Waals surface area contributed by atoms with Gasteiger partial charge in [0.05, 0.1) is 30.0 Å². The van der Waals surface area contributed by atoms with E-state index in [1.807, 2.05) is 18.2 Å². The van der Waals surface area contributed by atoms with E-state index in [2.05, 4.69) is 11.4 Å². The van der Waals surface area contributed by atoms with Gasteiger partial charge in [-0.3, -0.25) is 0 Å². The van der Waals surface area contributed by atoms with Crippen LogP contribution in [0.3, 0.4) is 0 Å². The normalized spacial score (nSPS) is 11.7. The molecule has 0 aliphatic rings. The number of phenols is 1. The molecule has 5 nitrogen and oxygen atoms in total. The molecule has 1 atom stereocenters. The third-order valence-electron chi connectivity index (χ3n) is 3.59. The standard InChI is InChI=1S/C20H20N2O3/c1-2-25-20(24)9-5-7-17(16-12-10-15(14-21)11-13-16)22-18-6-3-4-8-19(18)23/h3-6,8-13,17,22-23H,2,7H2,1H3/b9-5+. The summed E-state index contributed by atoms with van der Waals surface area (Å²) in [5, 5.41) is 22.2. The Hall–Kier alpha value is -3.26. The van der Waals surface area contributed by atoms with E-state index in [4.69, 9.17) is 10.00 Å². The van der Waals surface area contributed by atoms with Crippen LogP contribution in [0.1, 0.15) is 30.5 Å². The molecule has 0 aliphatic heterocycles. The molecule has 0 fully saturated rings. The van der Waals surface area contributed by atoms with Crippen molar-refractivity contribution in [3.05, 3.63) is 71.8 Å². The van der Waals surface area contributed by atoms with E-state index < -0.39 is 0 Å². The number of phenolic OH excluding ortho intramolecular Hbond substituents is 1. The Labute approximate surface area is 147 Å². The van der Waals surface area contributed by atoms with Gasteiger partial charge in [0.25, 0.3) is 0 Å². The molecule has 25 heavy (non-hydrogen) atoms. The lowest BCUT2D eigenvalue weighted by atomic mass is 10.0. The molecule has 5 heteroatoms. The Balaban J connectivity index is 2.19. The van der Waals surface area contributed by atoms with E-state index in [0.717, 1.165) is 5.56 Å². The van der Waals surface area contributed by atoms with Crippen molar-refractivity contribution >= 4 is 11.7 Å². The second kappa shape index (κ2) is 9.14. The first-order chi connectivity index (χ1) is 12.1. The van der Waals surface area contributed by atoms with E-state index in [9.17, 15) is 9.90 Å². The molecule has 0 aromatic heterocycles. The fourth-order valence-electron chi connectivity index (χ4n) is 2.34. The van der Waals surface area contributed by atoms with Crippen LogP contribution < -0.4 is 5.32 Å². The Morgan fingerprint density at radius 2 is 2.00 bits per heavy atom. The quantitative estimate of drug-likeness (QED) is 0.455. The van der Waals surface area contributed by atoms with Crippen molar-refractivity contribution in [2.75, 3.05) is 11.9 Å². The number of nitrogens with zero attached hydrogens (tertiary/aromatic N) is 1. The van der Waals surface area contributed by atoms with Gasteiger partial charge in [0.15, 0.2) is 0 Å². The van der Waals surface area contributed by atoms with E-state index in [-0.39, 0.29) is 17.8 Å². The van der Waals surface area contributed by atoms with Crippen LogP contribution in [0.4, 0.5) is 5.69 Å². The number of hydrogen-bond acceptors (Lipinski definition) is 5. The molecular weight excluding hydrogens is 316 g/mol. The largest absolute Gasteiger partial charge is 0.506 e. The average molecular weight is 336 g/mol. The molecule has 128 valence electrons. The number of ether oxygens (including phenoxy) is 1. The maximum Gasteiger partial charge on any atom is 0.330 e. The smallest absolute Gasteiger partial charge is 0.330 e. The highest BCUT2D eigenvalue weighted by Crippen LogP contribution is 2.29. The molecule has 0 saturated heterocycles. The molecule has 0 bridgehead atoms. The number of aromatic hydroxyl groups is 1. The zero-order valence-electron chi connectivity index (χ0n) is 14.0. The molecule has 0 spiro atoms. The third-order valence-corrected chi connectivity index (χ3v) is 3.59. The van der Waals surface area contributed by atoms with Crippen LogP contribution in [0.15, 0.2) is 60.7 Å². The number of nitriles is 1. The van der Waals surface area contributed by atoms with Crippen LogP contribution in [0.2, 0.25) is 0 Å².